The van der Waals surface area contributed by atoms with Crippen molar-refractivity contribution in [2.45, 2.75) is 63.5 Å². The number of hydrogen-bond acceptors (Lipinski definition) is 4. The first kappa shape index (κ1) is 25.1. The Hall–Kier alpha value is -2.21. The molecule has 2 aromatic carbocycles. The van der Waals surface area contributed by atoms with Crippen LogP contribution in [0.2, 0.25) is 0 Å². The lowest BCUT2D eigenvalue weighted by molar-refractivity contribution is -0.946. The Balaban J connectivity index is 1.13. The molecule has 4 aliphatic heterocycles. The minimum absolute atomic E-state index is 0.0391. The van der Waals surface area contributed by atoms with Crippen LogP contribution in [0.3, 0.4) is 0 Å². The monoisotopic (exact) mass is 517 g/mol. The van der Waals surface area contributed by atoms with E-state index in [2.05, 4.69) is 66.4 Å². The third-order valence-corrected chi connectivity index (χ3v) is 10.7. The molecule has 0 saturated carbocycles. The molecule has 0 N–H and O–H groups in total. The van der Waals surface area contributed by atoms with E-state index < -0.39 is 5.54 Å². The maximum Gasteiger partial charge on any atom is 0.331 e. The highest BCUT2D eigenvalue weighted by Gasteiger charge is 2.50. The molecule has 0 unspecified atom stereocenters. The van der Waals surface area contributed by atoms with Gasteiger partial charge >= 0.3 is 5.97 Å². The van der Waals surface area contributed by atoms with Gasteiger partial charge in [0, 0.05) is 34.8 Å². The molecule has 5 heteroatoms. The third-order valence-electron chi connectivity index (χ3n) is 9.55. The van der Waals surface area contributed by atoms with Gasteiger partial charge in [0.05, 0.1) is 19.6 Å². The van der Waals surface area contributed by atoms with E-state index >= 15 is 0 Å². The molecular formula is C32H41N2O2S+. The molecule has 4 aliphatic rings. The molecule has 0 radical (unpaired) electrons. The van der Waals surface area contributed by atoms with Crippen LogP contribution < -0.4 is 0 Å². The number of hydrogen-bond donors (Lipinski definition) is 0. The van der Waals surface area contributed by atoms with Crippen LogP contribution in [0.1, 0.15) is 55.9 Å². The van der Waals surface area contributed by atoms with Gasteiger partial charge in [-0.3, -0.25) is 4.90 Å². The number of carbonyl (C=O) groups is 1. The minimum Gasteiger partial charge on any atom is -0.454 e. The van der Waals surface area contributed by atoms with Gasteiger partial charge in [-0.1, -0.05) is 55.0 Å². The number of ether oxygens (including phenoxy) is 1. The Kier molecular flexibility index (Phi) is 7.13. The van der Waals surface area contributed by atoms with Crippen LogP contribution in [0.4, 0.5) is 0 Å². The molecule has 0 aliphatic carbocycles. The number of thiophene rings is 1. The van der Waals surface area contributed by atoms with Crippen LogP contribution in [0.15, 0.2) is 60.7 Å². The number of carbonyl (C=O) groups excluding carboxylic acids is 1. The van der Waals surface area contributed by atoms with Crippen molar-refractivity contribution in [3.05, 3.63) is 71.1 Å². The fourth-order valence-corrected chi connectivity index (χ4v) is 8.31. The lowest BCUT2D eigenvalue weighted by Gasteiger charge is -2.53. The molecule has 3 aromatic rings. The van der Waals surface area contributed by atoms with E-state index in [1.54, 1.807) is 0 Å². The zero-order valence-electron chi connectivity index (χ0n) is 22.2. The zero-order valence-corrected chi connectivity index (χ0v) is 23.1. The van der Waals surface area contributed by atoms with E-state index in [4.69, 9.17) is 4.74 Å². The first-order chi connectivity index (χ1) is 18.1. The summed E-state index contributed by atoms with van der Waals surface area (Å²) in [6.07, 6.45) is 8.33. The van der Waals surface area contributed by atoms with Gasteiger partial charge in [0.25, 0.3) is 0 Å². The van der Waals surface area contributed by atoms with E-state index in [1.807, 2.05) is 17.4 Å². The summed E-state index contributed by atoms with van der Waals surface area (Å²) >= 11 is 1.94. The van der Waals surface area contributed by atoms with Crippen molar-refractivity contribution in [1.82, 2.24) is 4.90 Å². The van der Waals surface area contributed by atoms with Gasteiger partial charge in [-0.2, -0.15) is 0 Å². The summed E-state index contributed by atoms with van der Waals surface area (Å²) in [5.74, 6) is 0.482. The third kappa shape index (κ3) is 4.98. The van der Waals surface area contributed by atoms with Gasteiger partial charge in [-0.15, -0.1) is 11.3 Å². The van der Waals surface area contributed by atoms with Crippen LogP contribution in [-0.2, 0) is 21.5 Å². The highest BCUT2D eigenvalue weighted by molar-refractivity contribution is 7.19. The number of rotatable bonds is 8. The van der Waals surface area contributed by atoms with Crippen LogP contribution in [0.5, 0.6) is 0 Å². The molecule has 1 aromatic heterocycles. The maximum absolute atomic E-state index is 14.0. The first-order valence-corrected chi connectivity index (χ1v) is 15.2. The molecule has 2 atom stereocenters. The predicted octanol–water partition coefficient (Wildman–Crippen LogP) is 6.39. The van der Waals surface area contributed by atoms with E-state index in [0.717, 1.165) is 48.9 Å². The van der Waals surface area contributed by atoms with E-state index in [9.17, 15) is 4.79 Å². The quantitative estimate of drug-likeness (QED) is 0.256. The Morgan fingerprint density at radius 1 is 1.03 bits per heavy atom. The fraction of sp³-hybridized carbons (Fsp3) is 0.531. The van der Waals surface area contributed by atoms with E-state index in [1.165, 1.54) is 60.3 Å². The summed E-state index contributed by atoms with van der Waals surface area (Å²) < 4.78 is 9.06. The average Bonchev–Trinajstić information content (AvgIpc) is 3.37. The number of nitrogens with zero attached hydrogens (tertiary/aromatic N) is 2. The number of aryl methyl sites for hydroxylation is 1. The summed E-state index contributed by atoms with van der Waals surface area (Å²) in [4.78, 5) is 17.9. The Bertz CT molecular complexity index is 1180. The second-order valence-corrected chi connectivity index (χ2v) is 13.0. The summed E-state index contributed by atoms with van der Waals surface area (Å²) in [6, 6.07) is 21.4. The molecule has 5 heterocycles. The fourth-order valence-electron chi connectivity index (χ4n) is 7.20. The number of likely N-dealkylation sites (tertiary alicyclic amines) is 1. The van der Waals surface area contributed by atoms with Gasteiger partial charge in [0.1, 0.15) is 12.1 Å². The van der Waals surface area contributed by atoms with Crippen LogP contribution in [0, 0.1) is 5.92 Å². The Labute approximate surface area is 225 Å². The maximum atomic E-state index is 14.0. The molecule has 4 saturated heterocycles. The van der Waals surface area contributed by atoms with Crippen molar-refractivity contribution < 1.29 is 14.0 Å². The Morgan fingerprint density at radius 2 is 1.76 bits per heavy atom. The second-order valence-electron chi connectivity index (χ2n) is 11.8. The molecule has 4 nitrogen and oxygen atoms in total. The van der Waals surface area contributed by atoms with E-state index in [-0.39, 0.29) is 12.1 Å². The molecule has 7 rings (SSSR count). The summed E-state index contributed by atoms with van der Waals surface area (Å²) in [7, 11) is 0. The van der Waals surface area contributed by atoms with Gasteiger partial charge < -0.3 is 9.22 Å². The molecule has 4 fully saturated rings. The Morgan fingerprint density at radius 3 is 2.51 bits per heavy atom. The SMILES string of the molecule is C[C@@](C(=O)O[C@H]1C[N+]2(CCCc3cc4ccccc4s3)CCC1CC2)(c1ccccc1)N1CCCCC1. The number of benzene rings is 2. The number of fused-ring (bicyclic) bond motifs is 4. The van der Waals surface area contributed by atoms with Gasteiger partial charge in [0.15, 0.2) is 6.10 Å². The topological polar surface area (TPSA) is 29.5 Å². The van der Waals surface area contributed by atoms with Crippen molar-refractivity contribution in [2.75, 3.05) is 39.3 Å². The zero-order chi connectivity index (χ0) is 25.3. The average molecular weight is 518 g/mol. The summed E-state index contributed by atoms with van der Waals surface area (Å²) in [5.41, 5.74) is 0.357. The number of piperidine rings is 4. The molecule has 0 amide bonds. The molecular weight excluding hydrogens is 476 g/mol. The lowest BCUT2D eigenvalue weighted by Crippen LogP contribution is -2.65. The van der Waals surface area contributed by atoms with Gasteiger partial charge in [-0.05, 0) is 62.4 Å². The highest BCUT2D eigenvalue weighted by Crippen LogP contribution is 2.39. The first-order valence-electron chi connectivity index (χ1n) is 14.4. The van der Waals surface area contributed by atoms with Crippen molar-refractivity contribution in [2.24, 2.45) is 5.92 Å². The summed E-state index contributed by atoms with van der Waals surface area (Å²) in [5, 5.41) is 1.37. The van der Waals surface area contributed by atoms with Crippen molar-refractivity contribution >= 4 is 27.4 Å². The van der Waals surface area contributed by atoms with E-state index in [0.29, 0.717) is 5.92 Å². The van der Waals surface area contributed by atoms with Crippen molar-refractivity contribution in [3.63, 3.8) is 0 Å². The van der Waals surface area contributed by atoms with Gasteiger partial charge in [0.2, 0.25) is 0 Å². The number of esters is 1. The molecule has 0 spiro atoms. The largest absolute Gasteiger partial charge is 0.454 e. The van der Waals surface area contributed by atoms with Crippen LogP contribution in [0.25, 0.3) is 10.1 Å². The molecule has 37 heavy (non-hydrogen) atoms. The minimum atomic E-state index is -0.709. The van der Waals surface area contributed by atoms with Crippen LogP contribution >= 0.6 is 11.3 Å². The molecule has 196 valence electrons. The van der Waals surface area contributed by atoms with Crippen molar-refractivity contribution in [3.8, 4) is 0 Å². The lowest BCUT2D eigenvalue weighted by atomic mass is 9.82. The normalized spacial score (nSPS) is 27.7. The van der Waals surface area contributed by atoms with Crippen molar-refractivity contribution in [1.29, 1.82) is 0 Å². The standard InChI is InChI=1S/C32H41N2O2S/c1-32(27-12-4-2-5-13-27,33-18-8-3-9-19-33)31(35)36-29-24-34(21-16-25(29)17-22-34)20-10-14-28-23-26-11-6-7-15-30(26)37-28/h2,4-7,11-13,15,23,25,29H,3,8-10,14,16-22,24H2,1H3/q+1/t25?,29-,32-,34?/m0/s1. The number of quaternary nitrogens is 1. The molecule has 2 bridgehead atoms. The van der Waals surface area contributed by atoms with Crippen LogP contribution in [-0.4, -0.2) is 60.7 Å². The smallest absolute Gasteiger partial charge is 0.331 e. The summed E-state index contributed by atoms with van der Waals surface area (Å²) in [6.45, 7) is 8.70. The van der Waals surface area contributed by atoms with Gasteiger partial charge in [-0.25, -0.2) is 4.79 Å². The predicted molar refractivity (Wildman–Crippen MR) is 152 cm³/mol. The highest BCUT2D eigenvalue weighted by atomic mass is 32.1. The second kappa shape index (κ2) is 10.5.